The number of anilines is 1. The summed E-state index contributed by atoms with van der Waals surface area (Å²) >= 11 is 0. The van der Waals surface area contributed by atoms with Crippen molar-refractivity contribution < 1.29 is 9.53 Å². The molecule has 0 saturated heterocycles. The molecule has 174 valence electrons. The third-order valence-electron chi connectivity index (χ3n) is 5.69. The minimum atomic E-state index is -0.358. The van der Waals surface area contributed by atoms with Crippen LogP contribution < -0.4 is 15.6 Å². The van der Waals surface area contributed by atoms with Crippen LogP contribution in [0, 0.1) is 6.92 Å². The van der Waals surface area contributed by atoms with Gasteiger partial charge in [-0.3, -0.25) is 14.2 Å². The Kier molecular flexibility index (Phi) is 5.85. The number of carbonyl (C=O) groups excluding carboxylic acids is 1. The molecular weight excluding hydrogens is 442 g/mol. The minimum Gasteiger partial charge on any atom is -0.496 e. The maximum Gasteiger partial charge on any atom is 0.269 e. The van der Waals surface area contributed by atoms with Crippen molar-refractivity contribution in [3.8, 4) is 22.7 Å². The van der Waals surface area contributed by atoms with E-state index in [0.717, 1.165) is 16.8 Å². The van der Waals surface area contributed by atoms with Crippen LogP contribution in [0.2, 0.25) is 0 Å². The van der Waals surface area contributed by atoms with Crippen molar-refractivity contribution in [2.75, 3.05) is 12.4 Å². The lowest BCUT2D eigenvalue weighted by molar-refractivity contribution is -0.116. The van der Waals surface area contributed by atoms with E-state index in [9.17, 15) is 9.59 Å². The van der Waals surface area contributed by atoms with E-state index in [4.69, 9.17) is 9.84 Å². The van der Waals surface area contributed by atoms with Crippen LogP contribution >= 0.6 is 0 Å². The zero-order valence-electron chi connectivity index (χ0n) is 19.3. The molecule has 0 spiro atoms. The number of nitrogens with zero attached hydrogens (tertiary/aromatic N) is 4. The highest BCUT2D eigenvalue weighted by molar-refractivity contribution is 5.91. The highest BCUT2D eigenvalue weighted by Gasteiger charge is 2.17. The third-order valence-corrected chi connectivity index (χ3v) is 5.69. The average Bonchev–Trinajstić information content (AvgIpc) is 3.29. The number of aromatic nitrogens is 4. The summed E-state index contributed by atoms with van der Waals surface area (Å²) < 4.78 is 8.59. The number of ether oxygens (including phenoxy) is 1. The van der Waals surface area contributed by atoms with Crippen LogP contribution in [0.15, 0.2) is 89.9 Å². The molecule has 0 aliphatic carbocycles. The Bertz CT molecular complexity index is 1590. The monoisotopic (exact) mass is 465 g/mol. The predicted octanol–water partition coefficient (Wildman–Crippen LogP) is 4.20. The van der Waals surface area contributed by atoms with Gasteiger partial charge in [-0.15, -0.1) is 0 Å². The van der Waals surface area contributed by atoms with Crippen LogP contribution in [0.4, 0.5) is 5.82 Å². The van der Waals surface area contributed by atoms with Gasteiger partial charge < -0.3 is 10.1 Å². The molecule has 8 nitrogen and oxygen atoms in total. The Labute approximate surface area is 201 Å². The summed E-state index contributed by atoms with van der Waals surface area (Å²) in [6, 6.07) is 24.4. The molecule has 3 aromatic carbocycles. The highest BCUT2D eigenvalue weighted by atomic mass is 16.5. The molecule has 5 aromatic rings. The maximum absolute atomic E-state index is 13.1. The normalized spacial score (nSPS) is 10.9. The van der Waals surface area contributed by atoms with Crippen LogP contribution in [0.3, 0.4) is 0 Å². The molecular formula is C27H23N5O3. The van der Waals surface area contributed by atoms with Gasteiger partial charge in [-0.1, -0.05) is 42.0 Å². The number of rotatable bonds is 6. The van der Waals surface area contributed by atoms with Crippen LogP contribution in [-0.2, 0) is 11.3 Å². The summed E-state index contributed by atoms with van der Waals surface area (Å²) in [5.74, 6) is 0.795. The fourth-order valence-corrected chi connectivity index (χ4v) is 3.94. The second-order valence-corrected chi connectivity index (χ2v) is 8.08. The predicted molar refractivity (Wildman–Crippen MR) is 135 cm³/mol. The van der Waals surface area contributed by atoms with E-state index >= 15 is 0 Å². The number of fused-ring (bicyclic) bond motifs is 1. The highest BCUT2D eigenvalue weighted by Crippen LogP contribution is 2.31. The molecule has 0 bridgehead atoms. The number of para-hydroxylation sites is 3. The van der Waals surface area contributed by atoms with Gasteiger partial charge in [-0.2, -0.15) is 5.10 Å². The van der Waals surface area contributed by atoms with Gasteiger partial charge in [0.2, 0.25) is 5.91 Å². The number of hydrogen-bond donors (Lipinski definition) is 1. The van der Waals surface area contributed by atoms with Crippen molar-refractivity contribution in [1.29, 1.82) is 0 Å². The van der Waals surface area contributed by atoms with Crippen molar-refractivity contribution in [2.45, 2.75) is 13.5 Å². The van der Waals surface area contributed by atoms with Gasteiger partial charge in [-0.25, -0.2) is 9.67 Å². The first-order chi connectivity index (χ1) is 17.0. The van der Waals surface area contributed by atoms with Crippen LogP contribution in [0.25, 0.3) is 28.0 Å². The summed E-state index contributed by atoms with van der Waals surface area (Å²) in [6.07, 6.45) is 1.23. The van der Waals surface area contributed by atoms with Gasteiger partial charge in [0.15, 0.2) is 0 Å². The van der Waals surface area contributed by atoms with Crippen molar-refractivity contribution in [3.05, 3.63) is 101 Å². The van der Waals surface area contributed by atoms with E-state index in [2.05, 4.69) is 10.3 Å². The standard InChI is InChI=1S/C27H23N5O3/c1-18-11-13-19(14-12-18)32-25(15-22(30-32)20-7-3-6-10-24(20)35-2)29-26(33)17-31-23-9-5-4-8-21(23)28-16-27(31)34/h3-16H,17H2,1-2H3,(H,29,33). The lowest BCUT2D eigenvalue weighted by Gasteiger charge is -2.11. The largest absolute Gasteiger partial charge is 0.496 e. The molecule has 0 fully saturated rings. The lowest BCUT2D eigenvalue weighted by Crippen LogP contribution is -2.28. The first kappa shape index (κ1) is 22.1. The molecule has 8 heteroatoms. The third kappa shape index (κ3) is 4.41. The van der Waals surface area contributed by atoms with Crippen LogP contribution in [0.5, 0.6) is 5.75 Å². The molecule has 0 aliphatic heterocycles. The summed E-state index contributed by atoms with van der Waals surface area (Å²) in [7, 11) is 1.61. The molecule has 35 heavy (non-hydrogen) atoms. The molecule has 0 radical (unpaired) electrons. The van der Waals surface area contributed by atoms with Gasteiger partial charge >= 0.3 is 0 Å². The zero-order valence-corrected chi connectivity index (χ0v) is 19.3. The minimum absolute atomic E-state index is 0.162. The fraction of sp³-hybridized carbons (Fsp3) is 0.111. The van der Waals surface area contributed by atoms with Crippen molar-refractivity contribution in [2.24, 2.45) is 0 Å². The second-order valence-electron chi connectivity index (χ2n) is 8.08. The van der Waals surface area contributed by atoms with Gasteiger partial charge in [0.1, 0.15) is 18.1 Å². The van der Waals surface area contributed by atoms with E-state index in [-0.39, 0.29) is 18.0 Å². The zero-order chi connectivity index (χ0) is 24.4. The summed E-state index contributed by atoms with van der Waals surface area (Å²) in [6.45, 7) is 1.84. The van der Waals surface area contributed by atoms with Crippen molar-refractivity contribution in [3.63, 3.8) is 0 Å². The lowest BCUT2D eigenvalue weighted by atomic mass is 10.1. The Morgan fingerprint density at radius 1 is 1.00 bits per heavy atom. The molecule has 2 heterocycles. The van der Waals surface area contributed by atoms with Crippen LogP contribution in [0.1, 0.15) is 5.56 Å². The number of aryl methyl sites for hydroxylation is 1. The van der Waals surface area contributed by atoms with Crippen molar-refractivity contribution in [1.82, 2.24) is 19.3 Å². The molecule has 0 unspecified atom stereocenters. The van der Waals surface area contributed by atoms with Gasteiger partial charge in [-0.05, 0) is 43.3 Å². The number of amides is 1. The quantitative estimate of drug-likeness (QED) is 0.406. The van der Waals surface area contributed by atoms with Crippen molar-refractivity contribution >= 4 is 22.8 Å². The Balaban J connectivity index is 1.53. The smallest absolute Gasteiger partial charge is 0.269 e. The average molecular weight is 466 g/mol. The Morgan fingerprint density at radius 2 is 1.74 bits per heavy atom. The number of benzene rings is 3. The molecule has 1 amide bonds. The number of nitrogens with one attached hydrogen (secondary N) is 1. The Morgan fingerprint density at radius 3 is 2.54 bits per heavy atom. The van der Waals surface area contributed by atoms with Gasteiger partial charge in [0, 0.05) is 11.6 Å². The molecule has 0 saturated carbocycles. The van der Waals surface area contributed by atoms with E-state index < -0.39 is 0 Å². The first-order valence-electron chi connectivity index (χ1n) is 11.1. The summed E-state index contributed by atoms with van der Waals surface area (Å²) in [5.41, 5.74) is 4.23. The first-order valence-corrected chi connectivity index (χ1v) is 11.1. The summed E-state index contributed by atoms with van der Waals surface area (Å²) in [5, 5.41) is 7.69. The summed E-state index contributed by atoms with van der Waals surface area (Å²) in [4.78, 5) is 29.8. The number of hydrogen-bond acceptors (Lipinski definition) is 5. The van der Waals surface area contributed by atoms with E-state index in [1.54, 1.807) is 30.0 Å². The van der Waals surface area contributed by atoms with E-state index in [1.807, 2.05) is 67.6 Å². The molecule has 5 rings (SSSR count). The van der Waals surface area contributed by atoms with Crippen LogP contribution in [-0.4, -0.2) is 32.3 Å². The fourth-order valence-electron chi connectivity index (χ4n) is 3.94. The van der Waals surface area contributed by atoms with Gasteiger partial charge in [0.05, 0.1) is 35.7 Å². The molecule has 0 atom stereocenters. The van der Waals surface area contributed by atoms with Gasteiger partial charge in [0.25, 0.3) is 5.56 Å². The topological polar surface area (TPSA) is 91.0 Å². The van der Waals surface area contributed by atoms with E-state index in [0.29, 0.717) is 28.3 Å². The molecule has 1 N–H and O–H groups in total. The Hall–Kier alpha value is -4.72. The SMILES string of the molecule is COc1ccccc1-c1cc(NC(=O)Cn2c(=O)cnc3ccccc32)n(-c2ccc(C)cc2)n1. The number of methoxy groups -OCH3 is 1. The second kappa shape index (κ2) is 9.26. The molecule has 0 aliphatic rings. The molecule has 2 aromatic heterocycles. The maximum atomic E-state index is 13.1. The number of carbonyl (C=O) groups is 1. The van der Waals surface area contributed by atoms with E-state index in [1.165, 1.54) is 10.8 Å².